The standard InChI is InChI=1S/C14H21BrN2/c1-11(2)10-17-8-4-3-5-13(17)12-6-7-14(15)16-9-12/h6-7,9,11,13H,3-5,8,10H2,1-2H3/t13-/m1/s1. The molecule has 0 saturated carbocycles. The van der Waals surface area contributed by atoms with Gasteiger partial charge in [-0.3, -0.25) is 4.90 Å². The topological polar surface area (TPSA) is 16.1 Å². The summed E-state index contributed by atoms with van der Waals surface area (Å²) in [6.45, 7) is 7.02. The van der Waals surface area contributed by atoms with Gasteiger partial charge in [0.05, 0.1) is 0 Å². The van der Waals surface area contributed by atoms with Crippen molar-refractivity contribution in [2.45, 2.75) is 39.2 Å². The van der Waals surface area contributed by atoms with Crippen LogP contribution in [0.3, 0.4) is 0 Å². The summed E-state index contributed by atoms with van der Waals surface area (Å²) in [6, 6.07) is 4.84. The quantitative estimate of drug-likeness (QED) is 0.783. The van der Waals surface area contributed by atoms with Crippen molar-refractivity contribution in [2.75, 3.05) is 13.1 Å². The minimum atomic E-state index is 0.576. The highest BCUT2D eigenvalue weighted by Crippen LogP contribution is 2.31. The van der Waals surface area contributed by atoms with Crippen LogP contribution >= 0.6 is 15.9 Å². The summed E-state index contributed by atoms with van der Waals surface area (Å²) in [7, 11) is 0. The van der Waals surface area contributed by atoms with Crippen molar-refractivity contribution in [1.29, 1.82) is 0 Å². The van der Waals surface area contributed by atoms with Gasteiger partial charge in [0, 0.05) is 18.8 Å². The fourth-order valence-corrected chi connectivity index (χ4v) is 2.87. The molecule has 0 aliphatic carbocycles. The second-order valence-corrected chi connectivity index (χ2v) is 6.13. The fraction of sp³-hybridized carbons (Fsp3) is 0.643. The van der Waals surface area contributed by atoms with Gasteiger partial charge in [0.15, 0.2) is 0 Å². The molecule has 1 aromatic heterocycles. The first-order valence-electron chi connectivity index (χ1n) is 6.52. The highest BCUT2D eigenvalue weighted by molar-refractivity contribution is 9.10. The zero-order valence-electron chi connectivity index (χ0n) is 10.7. The van der Waals surface area contributed by atoms with E-state index in [2.05, 4.69) is 51.8 Å². The number of halogens is 1. The van der Waals surface area contributed by atoms with Crippen LogP contribution in [0.4, 0.5) is 0 Å². The summed E-state index contributed by atoms with van der Waals surface area (Å²) in [5.41, 5.74) is 1.37. The number of hydrogen-bond donors (Lipinski definition) is 0. The SMILES string of the molecule is CC(C)CN1CCCC[C@@H]1c1ccc(Br)nc1. The summed E-state index contributed by atoms with van der Waals surface area (Å²) in [5, 5.41) is 0. The van der Waals surface area contributed by atoms with E-state index in [0.717, 1.165) is 10.5 Å². The summed E-state index contributed by atoms with van der Waals surface area (Å²) < 4.78 is 0.924. The second-order valence-electron chi connectivity index (χ2n) is 5.31. The Morgan fingerprint density at radius 3 is 2.88 bits per heavy atom. The Balaban J connectivity index is 2.12. The third-order valence-corrected chi connectivity index (χ3v) is 3.82. The third kappa shape index (κ3) is 3.52. The van der Waals surface area contributed by atoms with Gasteiger partial charge >= 0.3 is 0 Å². The molecule has 0 spiro atoms. The molecule has 1 aromatic rings. The van der Waals surface area contributed by atoms with Gasteiger partial charge in [0.1, 0.15) is 4.60 Å². The van der Waals surface area contributed by atoms with Gasteiger partial charge in [0.2, 0.25) is 0 Å². The van der Waals surface area contributed by atoms with E-state index in [0.29, 0.717) is 6.04 Å². The van der Waals surface area contributed by atoms with Gasteiger partial charge < -0.3 is 0 Å². The molecule has 17 heavy (non-hydrogen) atoms. The van der Waals surface area contributed by atoms with Crippen LogP contribution < -0.4 is 0 Å². The molecule has 0 bridgehead atoms. The smallest absolute Gasteiger partial charge is 0.106 e. The largest absolute Gasteiger partial charge is 0.296 e. The van der Waals surface area contributed by atoms with E-state index in [1.807, 2.05) is 6.20 Å². The number of aromatic nitrogens is 1. The molecule has 1 atom stereocenters. The molecule has 2 nitrogen and oxygen atoms in total. The van der Waals surface area contributed by atoms with Gasteiger partial charge in [-0.2, -0.15) is 0 Å². The minimum absolute atomic E-state index is 0.576. The second kappa shape index (κ2) is 5.96. The van der Waals surface area contributed by atoms with Crippen molar-refractivity contribution in [3.8, 4) is 0 Å². The number of likely N-dealkylation sites (tertiary alicyclic amines) is 1. The average molecular weight is 297 g/mol. The predicted molar refractivity (Wildman–Crippen MR) is 74.9 cm³/mol. The lowest BCUT2D eigenvalue weighted by Crippen LogP contribution is -2.36. The molecular weight excluding hydrogens is 276 g/mol. The molecule has 3 heteroatoms. The molecule has 1 saturated heterocycles. The van der Waals surface area contributed by atoms with Crippen LogP contribution in [0.25, 0.3) is 0 Å². The molecule has 0 amide bonds. The van der Waals surface area contributed by atoms with Crippen LogP contribution in [0.1, 0.15) is 44.7 Å². The van der Waals surface area contributed by atoms with Crippen molar-refractivity contribution in [3.63, 3.8) is 0 Å². The van der Waals surface area contributed by atoms with Crippen molar-refractivity contribution in [2.24, 2.45) is 5.92 Å². The summed E-state index contributed by atoms with van der Waals surface area (Å²) in [4.78, 5) is 6.98. The Kier molecular flexibility index (Phi) is 4.57. The normalized spacial score (nSPS) is 22.0. The molecule has 0 unspecified atom stereocenters. The lowest BCUT2D eigenvalue weighted by molar-refractivity contribution is 0.132. The summed E-state index contributed by atoms with van der Waals surface area (Å²) in [6.07, 6.45) is 5.98. The molecule has 0 radical (unpaired) electrons. The number of rotatable bonds is 3. The first-order valence-corrected chi connectivity index (χ1v) is 7.31. The first-order chi connectivity index (χ1) is 8.16. The van der Waals surface area contributed by atoms with Crippen LogP contribution in [0.15, 0.2) is 22.9 Å². The summed E-state index contributed by atoms with van der Waals surface area (Å²) in [5.74, 6) is 0.735. The van der Waals surface area contributed by atoms with Gasteiger partial charge in [0.25, 0.3) is 0 Å². The predicted octanol–water partition coefficient (Wildman–Crippen LogP) is 4.03. The number of pyridine rings is 1. The van der Waals surface area contributed by atoms with Crippen LogP contribution in [0, 0.1) is 5.92 Å². The lowest BCUT2D eigenvalue weighted by atomic mass is 9.95. The van der Waals surface area contributed by atoms with Crippen LogP contribution in [0.2, 0.25) is 0 Å². The molecule has 1 aliphatic heterocycles. The Bertz CT molecular complexity index is 348. The third-order valence-electron chi connectivity index (χ3n) is 3.35. The van der Waals surface area contributed by atoms with Crippen LogP contribution in [0.5, 0.6) is 0 Å². The maximum atomic E-state index is 4.36. The molecule has 1 aliphatic rings. The number of nitrogens with zero attached hydrogens (tertiary/aromatic N) is 2. The van der Waals surface area contributed by atoms with Gasteiger partial charge in [-0.1, -0.05) is 26.3 Å². The van der Waals surface area contributed by atoms with E-state index in [9.17, 15) is 0 Å². The van der Waals surface area contributed by atoms with E-state index < -0.39 is 0 Å². The average Bonchev–Trinajstić information content (AvgIpc) is 2.30. The van der Waals surface area contributed by atoms with E-state index in [4.69, 9.17) is 0 Å². The Hall–Kier alpha value is -0.410. The highest BCUT2D eigenvalue weighted by Gasteiger charge is 2.24. The van der Waals surface area contributed by atoms with Crippen molar-refractivity contribution in [1.82, 2.24) is 9.88 Å². The lowest BCUT2D eigenvalue weighted by Gasteiger charge is -2.37. The van der Waals surface area contributed by atoms with Crippen molar-refractivity contribution < 1.29 is 0 Å². The Labute approximate surface area is 113 Å². The maximum Gasteiger partial charge on any atom is 0.106 e. The molecule has 2 heterocycles. The van der Waals surface area contributed by atoms with Crippen LogP contribution in [-0.2, 0) is 0 Å². The summed E-state index contributed by atoms with van der Waals surface area (Å²) >= 11 is 3.40. The maximum absolute atomic E-state index is 4.36. The monoisotopic (exact) mass is 296 g/mol. The van der Waals surface area contributed by atoms with Gasteiger partial charge in [-0.15, -0.1) is 0 Å². The van der Waals surface area contributed by atoms with Crippen molar-refractivity contribution >= 4 is 15.9 Å². The minimum Gasteiger partial charge on any atom is -0.296 e. The molecule has 0 N–H and O–H groups in total. The Morgan fingerprint density at radius 1 is 1.41 bits per heavy atom. The van der Waals surface area contributed by atoms with Crippen molar-refractivity contribution in [3.05, 3.63) is 28.5 Å². The van der Waals surface area contributed by atoms with E-state index in [1.165, 1.54) is 37.9 Å². The zero-order chi connectivity index (χ0) is 12.3. The van der Waals surface area contributed by atoms with Gasteiger partial charge in [-0.05, 0) is 52.9 Å². The molecule has 0 aromatic carbocycles. The first kappa shape index (κ1) is 13.0. The molecule has 2 rings (SSSR count). The molecular formula is C14H21BrN2. The number of piperidine rings is 1. The van der Waals surface area contributed by atoms with Crippen LogP contribution in [-0.4, -0.2) is 23.0 Å². The van der Waals surface area contributed by atoms with E-state index in [1.54, 1.807) is 0 Å². The molecule has 1 fully saturated rings. The highest BCUT2D eigenvalue weighted by atomic mass is 79.9. The number of hydrogen-bond acceptors (Lipinski definition) is 2. The van der Waals surface area contributed by atoms with Gasteiger partial charge in [-0.25, -0.2) is 4.98 Å². The van der Waals surface area contributed by atoms with E-state index in [-0.39, 0.29) is 0 Å². The van der Waals surface area contributed by atoms with E-state index >= 15 is 0 Å². The zero-order valence-corrected chi connectivity index (χ0v) is 12.3. The molecule has 94 valence electrons. The fourth-order valence-electron chi connectivity index (χ4n) is 2.64. The Morgan fingerprint density at radius 2 is 2.24 bits per heavy atom.